The van der Waals surface area contributed by atoms with Crippen LogP contribution in [0.5, 0.6) is 0 Å². The molecule has 8 nitrogen and oxygen atoms in total. The van der Waals surface area contributed by atoms with E-state index in [1.54, 1.807) is 0 Å². The number of guanidine groups is 1. The van der Waals surface area contributed by atoms with E-state index in [1.165, 1.54) is 6.42 Å². The van der Waals surface area contributed by atoms with E-state index in [0.717, 1.165) is 64.6 Å². The van der Waals surface area contributed by atoms with Gasteiger partial charge in [-0.1, -0.05) is 20.8 Å². The first kappa shape index (κ1) is 26.9. The van der Waals surface area contributed by atoms with Gasteiger partial charge in [0.25, 0.3) is 0 Å². The van der Waals surface area contributed by atoms with Crippen LogP contribution >= 0.6 is 24.0 Å². The van der Waals surface area contributed by atoms with Gasteiger partial charge in [0.2, 0.25) is 11.8 Å². The topological polar surface area (TPSA) is 80.3 Å². The summed E-state index contributed by atoms with van der Waals surface area (Å²) < 4.78 is 0. The smallest absolute Gasteiger partial charge is 0.236 e. The van der Waals surface area contributed by atoms with E-state index in [1.807, 2.05) is 25.7 Å². The Balaban J connectivity index is 0.00000450. The van der Waals surface area contributed by atoms with E-state index in [9.17, 15) is 9.59 Å². The van der Waals surface area contributed by atoms with Crippen molar-refractivity contribution in [2.75, 3.05) is 65.4 Å². The number of hydrogen-bond donors (Lipinski definition) is 2. The Morgan fingerprint density at radius 3 is 2.10 bits per heavy atom. The van der Waals surface area contributed by atoms with E-state index < -0.39 is 0 Å². The lowest BCUT2D eigenvalue weighted by molar-refractivity contribution is -0.133. The molecule has 2 saturated heterocycles. The van der Waals surface area contributed by atoms with Gasteiger partial charge < -0.3 is 20.4 Å². The van der Waals surface area contributed by atoms with Crippen LogP contribution in [-0.2, 0) is 9.59 Å². The molecule has 0 aliphatic carbocycles. The van der Waals surface area contributed by atoms with E-state index in [4.69, 9.17) is 0 Å². The summed E-state index contributed by atoms with van der Waals surface area (Å²) in [6, 6.07) is 0. The van der Waals surface area contributed by atoms with Crippen molar-refractivity contribution < 1.29 is 9.59 Å². The number of carbonyl (C=O) groups excluding carboxylic acids is 2. The van der Waals surface area contributed by atoms with Crippen molar-refractivity contribution in [3.8, 4) is 0 Å². The van der Waals surface area contributed by atoms with E-state index in [0.29, 0.717) is 19.6 Å². The van der Waals surface area contributed by atoms with E-state index in [-0.39, 0.29) is 41.2 Å². The molecule has 2 aliphatic heterocycles. The van der Waals surface area contributed by atoms with Crippen LogP contribution in [0.3, 0.4) is 0 Å². The minimum absolute atomic E-state index is 0. The molecule has 2 heterocycles. The highest BCUT2D eigenvalue weighted by molar-refractivity contribution is 14.0. The molecule has 30 heavy (non-hydrogen) atoms. The van der Waals surface area contributed by atoms with Gasteiger partial charge in [-0.3, -0.25) is 19.5 Å². The minimum atomic E-state index is -0.379. The third kappa shape index (κ3) is 8.95. The number of piperidine rings is 1. The Hall–Kier alpha value is -1.10. The first-order valence-corrected chi connectivity index (χ1v) is 11.1. The number of nitrogens with one attached hydrogen (secondary N) is 2. The number of nitrogens with zero attached hydrogens (tertiary/aromatic N) is 4. The zero-order chi connectivity index (χ0) is 21.3. The average Bonchev–Trinajstić information content (AvgIpc) is 2.70. The molecule has 0 spiro atoms. The lowest BCUT2D eigenvalue weighted by Gasteiger charge is -2.37. The Kier molecular flexibility index (Phi) is 12.0. The van der Waals surface area contributed by atoms with Gasteiger partial charge in [-0.05, 0) is 26.2 Å². The van der Waals surface area contributed by atoms with Crippen molar-refractivity contribution in [2.24, 2.45) is 10.4 Å². The SMILES string of the molecule is CCNC(=NCCNC(=O)C(C)(C)C)N1CCN(CC(=O)N2CCCCC2)CC1.I. The minimum Gasteiger partial charge on any atom is -0.357 e. The highest BCUT2D eigenvalue weighted by atomic mass is 127. The molecule has 0 aromatic carbocycles. The summed E-state index contributed by atoms with van der Waals surface area (Å²) >= 11 is 0. The largest absolute Gasteiger partial charge is 0.357 e. The molecule has 174 valence electrons. The summed E-state index contributed by atoms with van der Waals surface area (Å²) in [7, 11) is 0. The second kappa shape index (κ2) is 13.3. The third-order valence-electron chi connectivity index (χ3n) is 5.41. The fraction of sp³-hybridized carbons (Fsp3) is 0.857. The van der Waals surface area contributed by atoms with Gasteiger partial charge >= 0.3 is 0 Å². The predicted octanol–water partition coefficient (Wildman–Crippen LogP) is 1.36. The lowest BCUT2D eigenvalue weighted by atomic mass is 9.96. The van der Waals surface area contributed by atoms with Gasteiger partial charge in [0.1, 0.15) is 0 Å². The molecular formula is C21H41IN6O2. The first-order chi connectivity index (χ1) is 13.8. The number of carbonyl (C=O) groups is 2. The molecule has 0 saturated carbocycles. The molecule has 0 bridgehead atoms. The lowest BCUT2D eigenvalue weighted by Crippen LogP contribution is -2.54. The highest BCUT2D eigenvalue weighted by Gasteiger charge is 2.24. The van der Waals surface area contributed by atoms with Crippen LogP contribution in [0.15, 0.2) is 4.99 Å². The highest BCUT2D eigenvalue weighted by Crippen LogP contribution is 2.12. The number of rotatable bonds is 6. The van der Waals surface area contributed by atoms with Gasteiger partial charge in [-0.25, -0.2) is 0 Å². The molecular weight excluding hydrogens is 495 g/mol. The first-order valence-electron chi connectivity index (χ1n) is 11.1. The van der Waals surface area contributed by atoms with Gasteiger partial charge in [-0.15, -0.1) is 24.0 Å². The predicted molar refractivity (Wildman–Crippen MR) is 132 cm³/mol. The maximum atomic E-state index is 12.5. The molecule has 2 amide bonds. The summed E-state index contributed by atoms with van der Waals surface area (Å²) in [6.45, 7) is 15.5. The summed E-state index contributed by atoms with van der Waals surface area (Å²) in [5.74, 6) is 1.21. The number of likely N-dealkylation sites (tertiary alicyclic amines) is 1. The van der Waals surface area contributed by atoms with Crippen LogP contribution in [-0.4, -0.2) is 97.9 Å². The fourth-order valence-corrected chi connectivity index (χ4v) is 3.57. The molecule has 2 rings (SSSR count). The van der Waals surface area contributed by atoms with Crippen molar-refractivity contribution in [1.29, 1.82) is 0 Å². The quantitative estimate of drug-likeness (QED) is 0.232. The zero-order valence-corrected chi connectivity index (χ0v) is 21.5. The Bertz CT molecular complexity index is 564. The van der Waals surface area contributed by atoms with Crippen molar-refractivity contribution in [3.05, 3.63) is 0 Å². The van der Waals surface area contributed by atoms with Crippen molar-refractivity contribution in [1.82, 2.24) is 25.3 Å². The Morgan fingerprint density at radius 2 is 1.53 bits per heavy atom. The molecule has 0 aromatic heterocycles. The summed E-state index contributed by atoms with van der Waals surface area (Å²) in [5, 5.41) is 6.29. The number of amides is 2. The second-order valence-electron chi connectivity index (χ2n) is 8.95. The Morgan fingerprint density at radius 1 is 0.900 bits per heavy atom. The number of piperazine rings is 1. The average molecular weight is 537 g/mol. The molecule has 0 atom stereocenters. The zero-order valence-electron chi connectivity index (χ0n) is 19.2. The van der Waals surface area contributed by atoms with Crippen molar-refractivity contribution in [3.63, 3.8) is 0 Å². The van der Waals surface area contributed by atoms with Crippen molar-refractivity contribution in [2.45, 2.75) is 47.0 Å². The van der Waals surface area contributed by atoms with E-state index >= 15 is 0 Å². The molecule has 0 aromatic rings. The maximum Gasteiger partial charge on any atom is 0.236 e. The molecule has 2 fully saturated rings. The molecule has 9 heteroatoms. The number of aliphatic imine (C=N–C) groups is 1. The van der Waals surface area contributed by atoms with Crippen LogP contribution in [0.1, 0.15) is 47.0 Å². The molecule has 0 unspecified atom stereocenters. The normalized spacial score (nSPS) is 18.6. The number of hydrogen-bond acceptors (Lipinski definition) is 4. The monoisotopic (exact) mass is 536 g/mol. The van der Waals surface area contributed by atoms with Gasteiger partial charge in [-0.2, -0.15) is 0 Å². The molecule has 2 N–H and O–H groups in total. The second-order valence-corrected chi connectivity index (χ2v) is 8.95. The van der Waals surface area contributed by atoms with Crippen LogP contribution in [0.4, 0.5) is 0 Å². The fourth-order valence-electron chi connectivity index (χ4n) is 3.57. The van der Waals surface area contributed by atoms with Gasteiger partial charge in [0.15, 0.2) is 5.96 Å². The third-order valence-corrected chi connectivity index (χ3v) is 5.41. The van der Waals surface area contributed by atoms with Gasteiger partial charge in [0, 0.05) is 57.8 Å². The van der Waals surface area contributed by atoms with Crippen LogP contribution < -0.4 is 10.6 Å². The standard InChI is InChI=1S/C21H40N6O2.HI/c1-5-22-20(24-10-9-23-19(29)21(2,3)4)27-15-13-25(14-16-27)17-18(28)26-11-7-6-8-12-26;/h5-17H2,1-4H3,(H,22,24)(H,23,29);1H. The Labute approximate surface area is 199 Å². The van der Waals surface area contributed by atoms with Crippen LogP contribution in [0.25, 0.3) is 0 Å². The van der Waals surface area contributed by atoms with Gasteiger partial charge in [0.05, 0.1) is 13.1 Å². The molecule has 0 radical (unpaired) electrons. The van der Waals surface area contributed by atoms with Crippen LogP contribution in [0, 0.1) is 5.41 Å². The summed E-state index contributed by atoms with van der Waals surface area (Å²) in [4.78, 5) is 35.6. The molecule has 2 aliphatic rings. The summed E-state index contributed by atoms with van der Waals surface area (Å²) in [5.41, 5.74) is -0.379. The van der Waals surface area contributed by atoms with Crippen molar-refractivity contribution >= 4 is 41.8 Å². The number of halogens is 1. The van der Waals surface area contributed by atoms with E-state index in [2.05, 4.69) is 32.3 Å². The summed E-state index contributed by atoms with van der Waals surface area (Å²) in [6.07, 6.45) is 3.52. The van der Waals surface area contributed by atoms with Crippen LogP contribution in [0.2, 0.25) is 0 Å². The maximum absolute atomic E-state index is 12.5.